The molecule has 188 valence electrons. The number of carbonyl (C=O) groups excluding carboxylic acids is 1. The van der Waals surface area contributed by atoms with E-state index < -0.39 is 0 Å². The predicted octanol–water partition coefficient (Wildman–Crippen LogP) is 4.35. The first kappa shape index (κ1) is 24.0. The number of rotatable bonds is 9. The van der Waals surface area contributed by atoms with Crippen molar-refractivity contribution in [3.63, 3.8) is 0 Å². The number of nitrogens with one attached hydrogen (secondary N) is 3. The Hall–Kier alpha value is -4.73. The summed E-state index contributed by atoms with van der Waals surface area (Å²) in [6, 6.07) is 18.1. The molecule has 2 aromatic carbocycles. The molecule has 2 heterocycles. The summed E-state index contributed by atoms with van der Waals surface area (Å²) in [5.74, 6) is 1.96. The highest BCUT2D eigenvalue weighted by Crippen LogP contribution is 2.38. The van der Waals surface area contributed by atoms with Crippen molar-refractivity contribution in [2.45, 2.75) is 32.2 Å². The topological polar surface area (TPSA) is 123 Å². The summed E-state index contributed by atoms with van der Waals surface area (Å²) in [5.41, 5.74) is 3.64. The number of aromatic nitrogens is 4. The van der Waals surface area contributed by atoms with E-state index in [1.54, 1.807) is 19.2 Å². The second-order valence-corrected chi connectivity index (χ2v) is 8.88. The van der Waals surface area contributed by atoms with Gasteiger partial charge in [-0.15, -0.1) is 0 Å². The summed E-state index contributed by atoms with van der Waals surface area (Å²) >= 11 is 0. The molecule has 0 radical (unpaired) electrons. The second-order valence-electron chi connectivity index (χ2n) is 8.88. The van der Waals surface area contributed by atoms with Crippen LogP contribution in [0.1, 0.15) is 30.1 Å². The van der Waals surface area contributed by atoms with E-state index in [0.29, 0.717) is 23.4 Å². The van der Waals surface area contributed by atoms with Crippen LogP contribution >= 0.6 is 0 Å². The van der Waals surface area contributed by atoms with E-state index in [-0.39, 0.29) is 18.0 Å². The van der Waals surface area contributed by atoms with Gasteiger partial charge in [0.15, 0.2) is 0 Å². The zero-order valence-electron chi connectivity index (χ0n) is 20.6. The van der Waals surface area contributed by atoms with Gasteiger partial charge >= 0.3 is 0 Å². The lowest BCUT2D eigenvalue weighted by Crippen LogP contribution is -2.27. The van der Waals surface area contributed by atoms with Crippen molar-refractivity contribution in [2.75, 3.05) is 23.1 Å². The van der Waals surface area contributed by atoms with Crippen molar-refractivity contribution < 1.29 is 9.53 Å². The Balaban J connectivity index is 1.19. The first-order valence-corrected chi connectivity index (χ1v) is 12.0. The number of benzene rings is 2. The van der Waals surface area contributed by atoms with Crippen LogP contribution in [0.4, 0.5) is 28.8 Å². The third-order valence-electron chi connectivity index (χ3n) is 5.85. The second kappa shape index (κ2) is 10.5. The first-order valence-electron chi connectivity index (χ1n) is 12.0. The van der Waals surface area contributed by atoms with Crippen LogP contribution in [0.25, 0.3) is 0 Å². The summed E-state index contributed by atoms with van der Waals surface area (Å²) in [7, 11) is 1.63. The average Bonchev–Trinajstić information content (AvgIpc) is 3.72. The number of nitrogens with zero attached hydrogens (tertiary/aromatic N) is 4. The minimum absolute atomic E-state index is 0.0993. The van der Waals surface area contributed by atoms with Crippen LogP contribution in [-0.4, -0.2) is 32.5 Å². The van der Waals surface area contributed by atoms with Crippen LogP contribution in [0.2, 0.25) is 0 Å². The molecule has 0 spiro atoms. The number of ether oxygens (including phenoxy) is 1. The van der Waals surface area contributed by atoms with Crippen molar-refractivity contribution in [2.24, 2.45) is 0 Å². The summed E-state index contributed by atoms with van der Waals surface area (Å²) in [5, 5.41) is 9.26. The van der Waals surface area contributed by atoms with Gasteiger partial charge in [-0.25, -0.2) is 9.97 Å². The zero-order chi connectivity index (χ0) is 25.8. The number of methoxy groups -OCH3 is 1. The van der Waals surface area contributed by atoms with Crippen LogP contribution in [0.5, 0.6) is 5.75 Å². The molecule has 1 fully saturated rings. The van der Waals surface area contributed by atoms with Gasteiger partial charge in [0.2, 0.25) is 11.9 Å². The number of anilines is 5. The van der Waals surface area contributed by atoms with Gasteiger partial charge < -0.3 is 20.7 Å². The molecule has 10 nitrogen and oxygen atoms in total. The van der Waals surface area contributed by atoms with Gasteiger partial charge in [-0.3, -0.25) is 14.2 Å². The lowest BCUT2D eigenvalue weighted by Gasteiger charge is -2.11. The molecule has 4 aromatic rings. The van der Waals surface area contributed by atoms with Crippen LogP contribution in [0.3, 0.4) is 0 Å². The maximum absolute atomic E-state index is 12.5. The molecule has 1 aliphatic rings. The fourth-order valence-corrected chi connectivity index (χ4v) is 3.79. The zero-order valence-corrected chi connectivity index (χ0v) is 20.6. The summed E-state index contributed by atoms with van der Waals surface area (Å²) < 4.78 is 6.50. The molecule has 1 saturated carbocycles. The molecule has 0 saturated heterocycles. The van der Waals surface area contributed by atoms with E-state index in [1.165, 1.54) is 17.0 Å². The Morgan fingerprint density at radius 3 is 2.32 bits per heavy atom. The SMILES string of the molecule is COc1ccc(Nc2cc(C)nc(Nc3ccc(NC(=O)Cn4cnc(C5CC5)cc4=O)cc3)n2)cc1. The van der Waals surface area contributed by atoms with Gasteiger partial charge in [-0.2, -0.15) is 4.98 Å². The Morgan fingerprint density at radius 2 is 1.65 bits per heavy atom. The van der Waals surface area contributed by atoms with Crippen LogP contribution < -0.4 is 26.2 Å². The van der Waals surface area contributed by atoms with Gasteiger partial charge in [-0.1, -0.05) is 0 Å². The normalized spacial score (nSPS) is 12.6. The molecule has 0 unspecified atom stereocenters. The van der Waals surface area contributed by atoms with Crippen molar-refractivity contribution in [1.82, 2.24) is 19.5 Å². The van der Waals surface area contributed by atoms with Crippen LogP contribution in [-0.2, 0) is 11.3 Å². The largest absolute Gasteiger partial charge is 0.497 e. The third kappa shape index (κ3) is 6.29. The molecule has 0 aliphatic heterocycles. The van der Waals surface area contributed by atoms with Gasteiger partial charge in [0.1, 0.15) is 18.1 Å². The molecule has 1 amide bonds. The molecule has 5 rings (SSSR count). The Morgan fingerprint density at radius 1 is 0.973 bits per heavy atom. The van der Waals surface area contributed by atoms with Crippen LogP contribution in [0, 0.1) is 6.92 Å². The van der Waals surface area contributed by atoms with Gasteiger partial charge in [0.05, 0.1) is 19.1 Å². The molecule has 0 atom stereocenters. The van der Waals surface area contributed by atoms with E-state index in [2.05, 4.69) is 30.9 Å². The molecular weight excluding hydrogens is 470 g/mol. The third-order valence-corrected chi connectivity index (χ3v) is 5.85. The van der Waals surface area contributed by atoms with E-state index >= 15 is 0 Å². The summed E-state index contributed by atoms with van der Waals surface area (Å²) in [6.45, 7) is 1.79. The van der Waals surface area contributed by atoms with Gasteiger partial charge in [0.25, 0.3) is 5.56 Å². The van der Waals surface area contributed by atoms with E-state index in [9.17, 15) is 9.59 Å². The van der Waals surface area contributed by atoms with Crippen molar-refractivity contribution in [3.05, 3.63) is 88.7 Å². The number of aryl methyl sites for hydroxylation is 1. The molecule has 2 aromatic heterocycles. The van der Waals surface area contributed by atoms with E-state index in [1.807, 2.05) is 49.4 Å². The van der Waals surface area contributed by atoms with Gasteiger partial charge in [-0.05, 0) is 68.3 Å². The quantitative estimate of drug-likeness (QED) is 0.312. The lowest BCUT2D eigenvalue weighted by atomic mass is 10.2. The van der Waals surface area contributed by atoms with Crippen LogP contribution in [0.15, 0.2) is 71.8 Å². The molecule has 37 heavy (non-hydrogen) atoms. The highest BCUT2D eigenvalue weighted by Gasteiger charge is 2.25. The van der Waals surface area contributed by atoms with E-state index in [4.69, 9.17) is 4.74 Å². The predicted molar refractivity (Wildman–Crippen MR) is 142 cm³/mol. The first-order chi connectivity index (χ1) is 17.9. The standard InChI is InChI=1S/C27H27N7O3/c1-17-13-24(30-19-9-11-22(37-2)12-10-19)33-27(29-17)32-21-7-5-20(6-8-21)31-25(35)15-34-16-28-23(14-26(34)36)18-3-4-18/h5-14,16,18H,3-4,15H2,1-2H3,(H,31,35)(H2,29,30,32,33). The minimum Gasteiger partial charge on any atom is -0.497 e. The highest BCUT2D eigenvalue weighted by molar-refractivity contribution is 5.90. The number of hydrogen-bond acceptors (Lipinski definition) is 8. The van der Waals surface area contributed by atoms with Crippen molar-refractivity contribution >= 4 is 34.7 Å². The monoisotopic (exact) mass is 497 g/mol. The fraction of sp³-hybridized carbons (Fsp3) is 0.222. The summed E-state index contributed by atoms with van der Waals surface area (Å²) in [6.07, 6.45) is 3.58. The molecular formula is C27H27N7O3. The number of carbonyl (C=O) groups is 1. The number of amides is 1. The number of hydrogen-bond donors (Lipinski definition) is 3. The summed E-state index contributed by atoms with van der Waals surface area (Å²) in [4.78, 5) is 38.0. The van der Waals surface area contributed by atoms with Crippen molar-refractivity contribution in [1.29, 1.82) is 0 Å². The fourth-order valence-electron chi connectivity index (χ4n) is 3.79. The molecule has 1 aliphatic carbocycles. The van der Waals surface area contributed by atoms with Gasteiger partial charge in [0, 0.05) is 40.8 Å². The van der Waals surface area contributed by atoms with Crippen molar-refractivity contribution in [3.8, 4) is 5.75 Å². The minimum atomic E-state index is -0.306. The maximum atomic E-state index is 12.5. The highest BCUT2D eigenvalue weighted by atomic mass is 16.5. The Kier molecular flexibility index (Phi) is 6.80. The molecule has 0 bridgehead atoms. The molecule has 3 N–H and O–H groups in total. The Bertz CT molecular complexity index is 1460. The Labute approximate surface area is 213 Å². The maximum Gasteiger partial charge on any atom is 0.254 e. The molecule has 10 heteroatoms. The lowest BCUT2D eigenvalue weighted by molar-refractivity contribution is -0.116. The smallest absolute Gasteiger partial charge is 0.254 e. The van der Waals surface area contributed by atoms with E-state index in [0.717, 1.165) is 41.4 Å². The average molecular weight is 498 g/mol.